The predicted octanol–water partition coefficient (Wildman–Crippen LogP) is 3.87. The third-order valence-electron chi connectivity index (χ3n) is 2.93. The number of hydrogen-bond acceptors (Lipinski definition) is 2. The molecule has 1 heterocycles. The van der Waals surface area contributed by atoms with Crippen LogP contribution >= 0.6 is 11.3 Å². The maximum Gasteiger partial charge on any atom is 0.00455 e. The first-order valence-electron chi connectivity index (χ1n) is 5.95. The van der Waals surface area contributed by atoms with Crippen molar-refractivity contribution in [3.63, 3.8) is 0 Å². The average molecular weight is 237 g/mol. The van der Waals surface area contributed by atoms with E-state index < -0.39 is 0 Å². The second-order valence-corrected chi connectivity index (χ2v) is 6.01. The summed E-state index contributed by atoms with van der Waals surface area (Å²) in [6, 6.07) is 4.88. The normalized spacial score (nSPS) is 15.0. The van der Waals surface area contributed by atoms with Crippen LogP contribution in [0.3, 0.4) is 0 Å². The van der Waals surface area contributed by atoms with E-state index in [0.717, 1.165) is 19.4 Å². The van der Waals surface area contributed by atoms with E-state index in [1.807, 2.05) is 11.3 Å². The minimum atomic E-state index is 0.203. The summed E-state index contributed by atoms with van der Waals surface area (Å²) in [6.07, 6.45) is 4.41. The van der Waals surface area contributed by atoms with Crippen molar-refractivity contribution >= 4 is 11.3 Å². The first kappa shape index (κ1) is 13.5. The Bertz CT molecular complexity index is 303. The Morgan fingerprint density at radius 3 is 2.81 bits per heavy atom. The summed E-state index contributed by atoms with van der Waals surface area (Å²) in [4.78, 5) is 1.47. The standard InChI is InChI=1S/C14H23NS/c1-5-14(4,11-15-12(2)3)9-8-13-7-6-10-16-13/h5-7,10,12,15H,1,8-9,11H2,2-4H3. The largest absolute Gasteiger partial charge is 0.314 e. The lowest BCUT2D eigenvalue weighted by atomic mass is 9.85. The quantitative estimate of drug-likeness (QED) is 0.710. The third kappa shape index (κ3) is 4.50. The Morgan fingerprint density at radius 1 is 1.56 bits per heavy atom. The number of aryl methyl sites for hydroxylation is 1. The lowest BCUT2D eigenvalue weighted by Gasteiger charge is -2.27. The summed E-state index contributed by atoms with van der Waals surface area (Å²) < 4.78 is 0. The van der Waals surface area contributed by atoms with Crippen molar-refractivity contribution in [3.8, 4) is 0 Å². The molecule has 0 radical (unpaired) electrons. The molecule has 1 nitrogen and oxygen atoms in total. The molecule has 0 saturated heterocycles. The van der Waals surface area contributed by atoms with Crippen molar-refractivity contribution in [2.24, 2.45) is 5.41 Å². The van der Waals surface area contributed by atoms with E-state index in [9.17, 15) is 0 Å². The van der Waals surface area contributed by atoms with Crippen molar-refractivity contribution in [1.29, 1.82) is 0 Å². The van der Waals surface area contributed by atoms with Gasteiger partial charge in [0.1, 0.15) is 0 Å². The third-order valence-corrected chi connectivity index (χ3v) is 3.87. The number of nitrogens with one attached hydrogen (secondary N) is 1. The molecule has 16 heavy (non-hydrogen) atoms. The van der Waals surface area contributed by atoms with Crippen LogP contribution in [-0.2, 0) is 6.42 Å². The molecule has 90 valence electrons. The molecule has 0 aliphatic rings. The van der Waals surface area contributed by atoms with Crippen molar-refractivity contribution in [3.05, 3.63) is 35.0 Å². The lowest BCUT2D eigenvalue weighted by Crippen LogP contribution is -2.34. The minimum Gasteiger partial charge on any atom is -0.314 e. The molecule has 1 N–H and O–H groups in total. The van der Waals surface area contributed by atoms with Crippen LogP contribution in [0.1, 0.15) is 32.1 Å². The molecule has 0 aliphatic heterocycles. The summed E-state index contributed by atoms with van der Waals surface area (Å²) in [7, 11) is 0. The summed E-state index contributed by atoms with van der Waals surface area (Å²) in [5, 5.41) is 5.65. The Morgan fingerprint density at radius 2 is 2.31 bits per heavy atom. The molecular formula is C14H23NS. The van der Waals surface area contributed by atoms with Gasteiger partial charge in [0.2, 0.25) is 0 Å². The lowest BCUT2D eigenvalue weighted by molar-refractivity contribution is 0.351. The van der Waals surface area contributed by atoms with E-state index in [2.05, 4.69) is 56.3 Å². The second-order valence-electron chi connectivity index (χ2n) is 4.97. The van der Waals surface area contributed by atoms with Crippen LogP contribution in [0.5, 0.6) is 0 Å². The van der Waals surface area contributed by atoms with Gasteiger partial charge in [-0.1, -0.05) is 32.9 Å². The van der Waals surface area contributed by atoms with E-state index in [-0.39, 0.29) is 5.41 Å². The molecule has 0 spiro atoms. The summed E-state index contributed by atoms with van der Waals surface area (Å²) >= 11 is 1.84. The summed E-state index contributed by atoms with van der Waals surface area (Å²) in [5.41, 5.74) is 0.203. The molecule has 1 aromatic heterocycles. The van der Waals surface area contributed by atoms with Gasteiger partial charge in [-0.3, -0.25) is 0 Å². The van der Waals surface area contributed by atoms with E-state index in [1.54, 1.807) is 0 Å². The van der Waals surface area contributed by atoms with Crippen LogP contribution in [-0.4, -0.2) is 12.6 Å². The van der Waals surface area contributed by atoms with Crippen LogP contribution in [0.25, 0.3) is 0 Å². The average Bonchev–Trinajstić information content (AvgIpc) is 2.76. The zero-order valence-corrected chi connectivity index (χ0v) is 11.4. The van der Waals surface area contributed by atoms with Crippen molar-refractivity contribution < 1.29 is 0 Å². The first-order valence-corrected chi connectivity index (χ1v) is 6.83. The fraction of sp³-hybridized carbons (Fsp3) is 0.571. The highest BCUT2D eigenvalue weighted by molar-refractivity contribution is 7.09. The zero-order chi connectivity index (χ0) is 12.0. The molecular weight excluding hydrogens is 214 g/mol. The van der Waals surface area contributed by atoms with Crippen LogP contribution < -0.4 is 5.32 Å². The fourth-order valence-corrected chi connectivity index (χ4v) is 2.27. The van der Waals surface area contributed by atoms with Crippen molar-refractivity contribution in [2.75, 3.05) is 6.54 Å². The van der Waals surface area contributed by atoms with Gasteiger partial charge >= 0.3 is 0 Å². The number of rotatable bonds is 7. The van der Waals surface area contributed by atoms with Crippen LogP contribution in [0.15, 0.2) is 30.2 Å². The first-order chi connectivity index (χ1) is 7.56. The molecule has 0 aliphatic carbocycles. The molecule has 0 amide bonds. The van der Waals surface area contributed by atoms with Crippen molar-refractivity contribution in [2.45, 2.75) is 39.7 Å². The fourth-order valence-electron chi connectivity index (χ4n) is 1.56. The topological polar surface area (TPSA) is 12.0 Å². The highest BCUT2D eigenvalue weighted by Gasteiger charge is 2.20. The molecule has 0 fully saturated rings. The Balaban J connectivity index is 2.43. The van der Waals surface area contributed by atoms with Gasteiger partial charge in [0, 0.05) is 17.5 Å². The van der Waals surface area contributed by atoms with Gasteiger partial charge in [0.25, 0.3) is 0 Å². The number of hydrogen-bond donors (Lipinski definition) is 1. The smallest absolute Gasteiger partial charge is 0.00455 e. The molecule has 2 heteroatoms. The Hall–Kier alpha value is -0.600. The van der Waals surface area contributed by atoms with E-state index in [0.29, 0.717) is 6.04 Å². The van der Waals surface area contributed by atoms with Crippen LogP contribution in [0.4, 0.5) is 0 Å². The molecule has 0 saturated carbocycles. The Kier molecular flexibility index (Phi) is 5.23. The molecule has 1 unspecified atom stereocenters. The predicted molar refractivity (Wildman–Crippen MR) is 74.1 cm³/mol. The van der Waals surface area contributed by atoms with Gasteiger partial charge < -0.3 is 5.32 Å². The number of thiophene rings is 1. The maximum atomic E-state index is 3.97. The Labute approximate surface area is 104 Å². The second kappa shape index (κ2) is 6.21. The highest BCUT2D eigenvalue weighted by Crippen LogP contribution is 2.25. The monoisotopic (exact) mass is 237 g/mol. The van der Waals surface area contributed by atoms with Gasteiger partial charge in [-0.05, 0) is 29.7 Å². The van der Waals surface area contributed by atoms with Gasteiger partial charge in [0.05, 0.1) is 0 Å². The van der Waals surface area contributed by atoms with Gasteiger partial charge in [-0.2, -0.15) is 0 Å². The van der Waals surface area contributed by atoms with E-state index >= 15 is 0 Å². The van der Waals surface area contributed by atoms with Gasteiger partial charge in [-0.25, -0.2) is 0 Å². The van der Waals surface area contributed by atoms with Crippen molar-refractivity contribution in [1.82, 2.24) is 5.32 Å². The molecule has 1 aromatic rings. The SMILES string of the molecule is C=CC(C)(CCc1cccs1)CNC(C)C. The molecule has 0 bridgehead atoms. The van der Waals surface area contributed by atoms with Crippen LogP contribution in [0.2, 0.25) is 0 Å². The minimum absolute atomic E-state index is 0.203. The van der Waals surface area contributed by atoms with Crippen LogP contribution in [0, 0.1) is 5.41 Å². The van der Waals surface area contributed by atoms with Gasteiger partial charge in [-0.15, -0.1) is 17.9 Å². The summed E-state index contributed by atoms with van der Waals surface area (Å²) in [6.45, 7) is 11.6. The maximum absolute atomic E-state index is 3.97. The zero-order valence-electron chi connectivity index (χ0n) is 10.6. The highest BCUT2D eigenvalue weighted by atomic mass is 32.1. The summed E-state index contributed by atoms with van der Waals surface area (Å²) in [5.74, 6) is 0. The molecule has 1 rings (SSSR count). The molecule has 0 aromatic carbocycles. The van der Waals surface area contributed by atoms with E-state index in [4.69, 9.17) is 0 Å². The van der Waals surface area contributed by atoms with E-state index in [1.165, 1.54) is 4.88 Å². The molecule has 1 atom stereocenters. The van der Waals surface area contributed by atoms with Gasteiger partial charge in [0.15, 0.2) is 0 Å².